The van der Waals surface area contributed by atoms with Gasteiger partial charge in [0, 0.05) is 6.54 Å². The van der Waals surface area contributed by atoms with Crippen LogP contribution in [0.5, 0.6) is 11.8 Å². The molecule has 0 spiro atoms. The van der Waals surface area contributed by atoms with Crippen LogP contribution >= 0.6 is 11.6 Å². The van der Waals surface area contributed by atoms with Crippen molar-refractivity contribution in [2.45, 2.75) is 6.54 Å². The number of nitrogens with two attached hydrogens (primary N) is 1. The Morgan fingerprint density at radius 1 is 1.38 bits per heavy atom. The van der Waals surface area contributed by atoms with Gasteiger partial charge in [0.15, 0.2) is 0 Å². The molecule has 0 aliphatic rings. The van der Waals surface area contributed by atoms with E-state index in [1.54, 1.807) is 10.6 Å². The molecule has 0 radical (unpaired) electrons. The van der Waals surface area contributed by atoms with Gasteiger partial charge >= 0.3 is 0 Å². The number of aromatic nitrogens is 3. The molecule has 0 atom stereocenters. The molecule has 16 heavy (non-hydrogen) atoms. The molecule has 0 bridgehead atoms. The molecule has 0 amide bonds. The summed E-state index contributed by atoms with van der Waals surface area (Å²) in [5.41, 5.74) is 6.64. The standard InChI is InChI=1S/C9H11ClN4O2/c1-15-6-4-14-7(10)5(3-11)12-8(14)9(13-6)16-2/h4H,3,11H2,1-2H3. The van der Waals surface area contributed by atoms with Gasteiger partial charge in [-0.05, 0) is 0 Å². The van der Waals surface area contributed by atoms with Crippen LogP contribution in [0.2, 0.25) is 5.15 Å². The summed E-state index contributed by atoms with van der Waals surface area (Å²) in [5.74, 6) is 0.744. The van der Waals surface area contributed by atoms with Crippen LogP contribution in [0.1, 0.15) is 5.69 Å². The highest BCUT2D eigenvalue weighted by Gasteiger charge is 2.15. The van der Waals surface area contributed by atoms with Crippen LogP contribution < -0.4 is 15.2 Å². The molecule has 7 heteroatoms. The van der Waals surface area contributed by atoms with Crippen molar-refractivity contribution in [1.29, 1.82) is 0 Å². The van der Waals surface area contributed by atoms with E-state index in [1.807, 2.05) is 0 Å². The number of fused-ring (bicyclic) bond motifs is 1. The minimum absolute atomic E-state index is 0.256. The summed E-state index contributed by atoms with van der Waals surface area (Å²) in [6.45, 7) is 0.256. The zero-order chi connectivity index (χ0) is 11.7. The zero-order valence-corrected chi connectivity index (χ0v) is 9.65. The van der Waals surface area contributed by atoms with E-state index >= 15 is 0 Å². The lowest BCUT2D eigenvalue weighted by Crippen LogP contribution is -1.97. The molecule has 0 saturated heterocycles. The van der Waals surface area contributed by atoms with Crippen LogP contribution in [0.15, 0.2) is 6.20 Å². The van der Waals surface area contributed by atoms with Crippen molar-refractivity contribution >= 4 is 17.2 Å². The molecule has 2 aromatic rings. The molecule has 2 heterocycles. The van der Waals surface area contributed by atoms with Crippen LogP contribution in [-0.2, 0) is 6.54 Å². The fourth-order valence-electron chi connectivity index (χ4n) is 1.38. The molecule has 86 valence electrons. The Balaban J connectivity index is 2.76. The smallest absolute Gasteiger partial charge is 0.261 e. The highest BCUT2D eigenvalue weighted by molar-refractivity contribution is 6.30. The second kappa shape index (κ2) is 4.15. The number of methoxy groups -OCH3 is 2. The molecule has 6 nitrogen and oxygen atoms in total. The van der Waals surface area contributed by atoms with Crippen molar-refractivity contribution in [3.8, 4) is 11.8 Å². The summed E-state index contributed by atoms with van der Waals surface area (Å²) < 4.78 is 11.8. The first-order valence-electron chi connectivity index (χ1n) is 4.56. The van der Waals surface area contributed by atoms with Crippen LogP contribution in [-0.4, -0.2) is 28.6 Å². The molecule has 0 aromatic carbocycles. The van der Waals surface area contributed by atoms with Crippen LogP contribution in [0.3, 0.4) is 0 Å². The number of ether oxygens (including phenoxy) is 2. The summed E-state index contributed by atoms with van der Waals surface area (Å²) in [5, 5.41) is 0.441. The Morgan fingerprint density at radius 2 is 2.12 bits per heavy atom. The third-order valence-corrected chi connectivity index (χ3v) is 2.56. The van der Waals surface area contributed by atoms with Crippen LogP contribution in [0.25, 0.3) is 5.65 Å². The third kappa shape index (κ3) is 1.56. The van der Waals surface area contributed by atoms with Gasteiger partial charge in [0.05, 0.1) is 26.1 Å². The summed E-state index contributed by atoms with van der Waals surface area (Å²) in [4.78, 5) is 8.34. The lowest BCUT2D eigenvalue weighted by Gasteiger charge is -2.04. The molecule has 2 N–H and O–H groups in total. The van der Waals surface area contributed by atoms with Gasteiger partial charge in [-0.3, -0.25) is 4.40 Å². The van der Waals surface area contributed by atoms with Crippen molar-refractivity contribution in [3.05, 3.63) is 17.0 Å². The quantitative estimate of drug-likeness (QED) is 0.864. The predicted octanol–water partition coefficient (Wildman–Crippen LogP) is 0.859. The van der Waals surface area contributed by atoms with Crippen molar-refractivity contribution in [1.82, 2.24) is 14.4 Å². The number of nitrogens with zero attached hydrogens (tertiary/aromatic N) is 3. The highest BCUT2D eigenvalue weighted by atomic mass is 35.5. The Hall–Kier alpha value is -1.53. The topological polar surface area (TPSA) is 74.7 Å². The lowest BCUT2D eigenvalue weighted by molar-refractivity contribution is 0.363. The SMILES string of the molecule is COc1cn2c(Cl)c(CN)nc2c(OC)n1. The summed E-state index contributed by atoms with van der Waals surface area (Å²) in [6, 6.07) is 0. The molecule has 0 aliphatic carbocycles. The minimum Gasteiger partial charge on any atom is -0.480 e. The van der Waals surface area contributed by atoms with E-state index in [0.29, 0.717) is 28.3 Å². The van der Waals surface area contributed by atoms with Crippen LogP contribution in [0, 0.1) is 0 Å². The fraction of sp³-hybridized carbons (Fsp3) is 0.333. The first-order chi connectivity index (χ1) is 7.71. The Kier molecular flexibility index (Phi) is 2.84. The number of imidazole rings is 1. The van der Waals surface area contributed by atoms with Crippen molar-refractivity contribution in [2.75, 3.05) is 14.2 Å². The first kappa shape index (κ1) is 11.0. The predicted molar refractivity (Wildman–Crippen MR) is 59.0 cm³/mol. The molecule has 0 unspecified atom stereocenters. The summed E-state index contributed by atoms with van der Waals surface area (Å²) >= 11 is 6.10. The first-order valence-corrected chi connectivity index (χ1v) is 4.94. The molecule has 2 aromatic heterocycles. The minimum atomic E-state index is 0.256. The normalized spacial score (nSPS) is 10.8. The van der Waals surface area contributed by atoms with Crippen molar-refractivity contribution < 1.29 is 9.47 Å². The number of hydrogen-bond acceptors (Lipinski definition) is 5. The zero-order valence-electron chi connectivity index (χ0n) is 8.90. The largest absolute Gasteiger partial charge is 0.480 e. The number of rotatable bonds is 3. The van der Waals surface area contributed by atoms with Crippen molar-refractivity contribution in [2.24, 2.45) is 5.73 Å². The van der Waals surface area contributed by atoms with Gasteiger partial charge in [-0.15, -0.1) is 0 Å². The highest BCUT2D eigenvalue weighted by Crippen LogP contribution is 2.26. The summed E-state index contributed by atoms with van der Waals surface area (Å²) in [7, 11) is 3.02. The van der Waals surface area contributed by atoms with E-state index in [0.717, 1.165) is 0 Å². The second-order valence-corrected chi connectivity index (χ2v) is 3.40. The van der Waals surface area contributed by atoms with Crippen LogP contribution in [0.4, 0.5) is 0 Å². The lowest BCUT2D eigenvalue weighted by atomic mass is 10.5. The molecule has 0 aliphatic heterocycles. The Morgan fingerprint density at radius 3 is 2.69 bits per heavy atom. The molecule has 0 fully saturated rings. The average Bonchev–Trinajstić information content (AvgIpc) is 2.65. The molecular formula is C9H11ClN4O2. The molecule has 2 rings (SSSR count). The molecular weight excluding hydrogens is 232 g/mol. The average molecular weight is 243 g/mol. The van der Waals surface area contributed by atoms with Gasteiger partial charge in [0.25, 0.3) is 5.88 Å². The van der Waals surface area contributed by atoms with E-state index in [4.69, 9.17) is 26.8 Å². The van der Waals surface area contributed by atoms with E-state index in [-0.39, 0.29) is 6.54 Å². The van der Waals surface area contributed by atoms with Crippen molar-refractivity contribution in [3.63, 3.8) is 0 Å². The number of halogens is 1. The van der Waals surface area contributed by atoms with Gasteiger partial charge in [-0.2, -0.15) is 4.98 Å². The van der Waals surface area contributed by atoms with E-state index < -0.39 is 0 Å². The van der Waals surface area contributed by atoms with Gasteiger partial charge in [-0.1, -0.05) is 11.6 Å². The van der Waals surface area contributed by atoms with Gasteiger partial charge < -0.3 is 15.2 Å². The summed E-state index contributed by atoms with van der Waals surface area (Å²) in [6.07, 6.45) is 1.63. The maximum atomic E-state index is 6.10. The maximum absolute atomic E-state index is 6.10. The number of hydrogen-bond donors (Lipinski definition) is 1. The van der Waals surface area contributed by atoms with E-state index in [9.17, 15) is 0 Å². The van der Waals surface area contributed by atoms with E-state index in [1.165, 1.54) is 14.2 Å². The molecule has 0 saturated carbocycles. The monoisotopic (exact) mass is 242 g/mol. The van der Waals surface area contributed by atoms with Gasteiger partial charge in [0.1, 0.15) is 5.15 Å². The maximum Gasteiger partial charge on any atom is 0.261 e. The fourth-order valence-corrected chi connectivity index (χ4v) is 1.63. The van der Waals surface area contributed by atoms with E-state index in [2.05, 4.69) is 9.97 Å². The van der Waals surface area contributed by atoms with Gasteiger partial charge in [-0.25, -0.2) is 4.98 Å². The Bertz CT molecular complexity index is 526. The Labute approximate surface area is 97.0 Å². The second-order valence-electron chi connectivity index (χ2n) is 3.04. The van der Waals surface area contributed by atoms with Gasteiger partial charge in [0.2, 0.25) is 11.5 Å². The third-order valence-electron chi connectivity index (χ3n) is 2.16.